The highest BCUT2D eigenvalue weighted by Crippen LogP contribution is 2.24. The molecule has 0 aliphatic carbocycles. The van der Waals surface area contributed by atoms with E-state index in [2.05, 4.69) is 25.8 Å². The van der Waals surface area contributed by atoms with Gasteiger partial charge in [-0.2, -0.15) is 0 Å². The van der Waals surface area contributed by atoms with Crippen LogP contribution in [0.1, 0.15) is 37.9 Å². The molecule has 4 heterocycles. The minimum Gasteiger partial charge on any atom is -0.381 e. The molecule has 3 aliphatic rings. The number of aryl methyl sites for hydroxylation is 1. The third-order valence-corrected chi connectivity index (χ3v) is 5.98. The molecule has 0 aromatic carbocycles. The summed E-state index contributed by atoms with van der Waals surface area (Å²) < 4.78 is 5.39. The van der Waals surface area contributed by atoms with Gasteiger partial charge >= 0.3 is 0 Å². The van der Waals surface area contributed by atoms with E-state index in [1.54, 1.807) is 0 Å². The molecule has 7 heteroatoms. The number of piperazine rings is 1. The Morgan fingerprint density at radius 1 is 0.926 bits per heavy atom. The van der Waals surface area contributed by atoms with Crippen molar-refractivity contribution in [3.8, 4) is 0 Å². The van der Waals surface area contributed by atoms with Gasteiger partial charge in [0.25, 0.3) is 0 Å². The van der Waals surface area contributed by atoms with Gasteiger partial charge in [0, 0.05) is 64.5 Å². The van der Waals surface area contributed by atoms with Crippen LogP contribution < -0.4 is 9.80 Å². The zero-order chi connectivity index (χ0) is 18.6. The highest BCUT2D eigenvalue weighted by molar-refractivity contribution is 5.79. The van der Waals surface area contributed by atoms with Gasteiger partial charge in [0.1, 0.15) is 17.5 Å². The Kier molecular flexibility index (Phi) is 5.76. The van der Waals surface area contributed by atoms with Crippen molar-refractivity contribution >= 4 is 17.5 Å². The molecular formula is C20H31N5O2. The molecule has 1 amide bonds. The van der Waals surface area contributed by atoms with Crippen LogP contribution in [0.3, 0.4) is 0 Å². The van der Waals surface area contributed by atoms with Gasteiger partial charge in [0.15, 0.2) is 0 Å². The smallest absolute Gasteiger partial charge is 0.225 e. The maximum atomic E-state index is 12.7. The molecule has 0 saturated carbocycles. The number of amides is 1. The summed E-state index contributed by atoms with van der Waals surface area (Å²) in [5.41, 5.74) is 0. The predicted molar refractivity (Wildman–Crippen MR) is 105 cm³/mol. The second-order valence-electron chi connectivity index (χ2n) is 7.88. The first-order valence-corrected chi connectivity index (χ1v) is 10.4. The van der Waals surface area contributed by atoms with Crippen molar-refractivity contribution < 1.29 is 9.53 Å². The Morgan fingerprint density at radius 2 is 1.52 bits per heavy atom. The Hall–Kier alpha value is -1.89. The van der Waals surface area contributed by atoms with E-state index in [4.69, 9.17) is 4.74 Å². The normalized spacial score (nSPS) is 22.2. The second-order valence-corrected chi connectivity index (χ2v) is 7.88. The SMILES string of the molecule is Cc1nc(N2CCCCC2)cc(N2CCN(C(=O)C3CCOCC3)CC2)n1. The molecule has 1 aromatic heterocycles. The lowest BCUT2D eigenvalue weighted by Crippen LogP contribution is -2.51. The summed E-state index contributed by atoms with van der Waals surface area (Å²) in [6.45, 7) is 8.81. The minimum atomic E-state index is 0.150. The number of nitrogens with zero attached hydrogens (tertiary/aromatic N) is 5. The highest BCUT2D eigenvalue weighted by atomic mass is 16.5. The van der Waals surface area contributed by atoms with Crippen LogP contribution in [-0.2, 0) is 9.53 Å². The van der Waals surface area contributed by atoms with Crippen LogP contribution in [0, 0.1) is 12.8 Å². The van der Waals surface area contributed by atoms with E-state index in [0.29, 0.717) is 5.91 Å². The number of anilines is 2. The molecule has 7 nitrogen and oxygen atoms in total. The lowest BCUT2D eigenvalue weighted by atomic mass is 9.98. The Bertz CT molecular complexity index is 648. The van der Waals surface area contributed by atoms with E-state index in [9.17, 15) is 4.79 Å². The van der Waals surface area contributed by atoms with Gasteiger partial charge in [-0.1, -0.05) is 0 Å². The lowest BCUT2D eigenvalue weighted by Gasteiger charge is -2.38. The van der Waals surface area contributed by atoms with Crippen molar-refractivity contribution in [3.63, 3.8) is 0 Å². The van der Waals surface area contributed by atoms with E-state index >= 15 is 0 Å². The number of hydrogen-bond donors (Lipinski definition) is 0. The standard InChI is InChI=1S/C20H31N5O2/c1-16-21-18(23-7-3-2-4-8-23)15-19(22-16)24-9-11-25(12-10-24)20(26)17-5-13-27-14-6-17/h15,17H,2-14H2,1H3. The summed E-state index contributed by atoms with van der Waals surface area (Å²) in [6, 6.07) is 2.13. The third-order valence-electron chi connectivity index (χ3n) is 5.98. The summed E-state index contributed by atoms with van der Waals surface area (Å²) in [5, 5.41) is 0. The largest absolute Gasteiger partial charge is 0.381 e. The fraction of sp³-hybridized carbons (Fsp3) is 0.750. The average molecular weight is 374 g/mol. The fourth-order valence-electron chi connectivity index (χ4n) is 4.34. The van der Waals surface area contributed by atoms with Crippen LogP contribution in [0.2, 0.25) is 0 Å². The quantitative estimate of drug-likeness (QED) is 0.806. The van der Waals surface area contributed by atoms with Crippen LogP contribution in [-0.4, -0.2) is 73.3 Å². The van der Waals surface area contributed by atoms with Crippen LogP contribution in [0.25, 0.3) is 0 Å². The number of ether oxygens (including phenoxy) is 1. The summed E-state index contributed by atoms with van der Waals surface area (Å²) in [5.74, 6) is 3.34. The number of hydrogen-bond acceptors (Lipinski definition) is 6. The summed E-state index contributed by atoms with van der Waals surface area (Å²) in [4.78, 5) is 28.8. The molecule has 27 heavy (non-hydrogen) atoms. The summed E-state index contributed by atoms with van der Waals surface area (Å²) >= 11 is 0. The van der Waals surface area contributed by atoms with Gasteiger partial charge in [0.2, 0.25) is 5.91 Å². The van der Waals surface area contributed by atoms with Crippen LogP contribution >= 0.6 is 0 Å². The molecule has 0 atom stereocenters. The van der Waals surface area contributed by atoms with Crippen molar-refractivity contribution in [2.75, 3.05) is 62.3 Å². The van der Waals surface area contributed by atoms with Gasteiger partial charge in [0.05, 0.1) is 0 Å². The molecule has 3 fully saturated rings. The van der Waals surface area contributed by atoms with Crippen molar-refractivity contribution in [2.24, 2.45) is 5.92 Å². The third kappa shape index (κ3) is 4.34. The molecule has 0 spiro atoms. The molecule has 0 unspecified atom stereocenters. The first-order chi connectivity index (χ1) is 13.2. The van der Waals surface area contributed by atoms with E-state index in [1.807, 2.05) is 11.8 Å². The lowest BCUT2D eigenvalue weighted by molar-refractivity contribution is -0.138. The van der Waals surface area contributed by atoms with Crippen LogP contribution in [0.5, 0.6) is 0 Å². The number of carbonyl (C=O) groups excluding carboxylic acids is 1. The van der Waals surface area contributed by atoms with Gasteiger partial charge < -0.3 is 19.4 Å². The monoisotopic (exact) mass is 373 g/mol. The first-order valence-electron chi connectivity index (χ1n) is 10.4. The highest BCUT2D eigenvalue weighted by Gasteiger charge is 2.29. The predicted octanol–water partition coefficient (Wildman–Crippen LogP) is 1.85. The van der Waals surface area contributed by atoms with Crippen molar-refractivity contribution in [3.05, 3.63) is 11.9 Å². The molecule has 3 saturated heterocycles. The van der Waals surface area contributed by atoms with E-state index in [1.165, 1.54) is 19.3 Å². The summed E-state index contributed by atoms with van der Waals surface area (Å²) in [7, 11) is 0. The maximum Gasteiger partial charge on any atom is 0.225 e. The maximum absolute atomic E-state index is 12.7. The van der Waals surface area contributed by atoms with Crippen molar-refractivity contribution in [1.29, 1.82) is 0 Å². The summed E-state index contributed by atoms with van der Waals surface area (Å²) in [6.07, 6.45) is 5.53. The second kappa shape index (κ2) is 8.42. The minimum absolute atomic E-state index is 0.150. The number of aromatic nitrogens is 2. The Balaban J connectivity index is 1.39. The molecule has 0 radical (unpaired) electrons. The van der Waals surface area contributed by atoms with E-state index in [-0.39, 0.29) is 5.92 Å². The number of piperidine rings is 1. The Morgan fingerprint density at radius 3 is 2.15 bits per heavy atom. The topological polar surface area (TPSA) is 61.8 Å². The van der Waals surface area contributed by atoms with Gasteiger partial charge in [-0.15, -0.1) is 0 Å². The molecule has 4 rings (SSSR count). The zero-order valence-corrected chi connectivity index (χ0v) is 16.4. The first kappa shape index (κ1) is 18.5. The van der Waals surface area contributed by atoms with Crippen LogP contribution in [0.15, 0.2) is 6.07 Å². The Labute approximate surface area is 161 Å². The number of rotatable bonds is 3. The van der Waals surface area contributed by atoms with Gasteiger partial charge in [-0.05, 0) is 39.0 Å². The molecule has 3 aliphatic heterocycles. The van der Waals surface area contributed by atoms with E-state index < -0.39 is 0 Å². The number of carbonyl (C=O) groups is 1. The van der Waals surface area contributed by atoms with Crippen LogP contribution in [0.4, 0.5) is 11.6 Å². The molecule has 148 valence electrons. The van der Waals surface area contributed by atoms with E-state index in [0.717, 1.165) is 82.8 Å². The fourth-order valence-corrected chi connectivity index (χ4v) is 4.34. The molecule has 1 aromatic rings. The van der Waals surface area contributed by atoms with Crippen molar-refractivity contribution in [2.45, 2.75) is 39.0 Å². The van der Waals surface area contributed by atoms with Gasteiger partial charge in [-0.25, -0.2) is 9.97 Å². The molecular weight excluding hydrogens is 342 g/mol. The molecule has 0 N–H and O–H groups in total. The van der Waals surface area contributed by atoms with Crippen molar-refractivity contribution in [1.82, 2.24) is 14.9 Å². The average Bonchev–Trinajstić information content (AvgIpc) is 2.74. The van der Waals surface area contributed by atoms with Gasteiger partial charge in [-0.3, -0.25) is 4.79 Å². The zero-order valence-electron chi connectivity index (χ0n) is 16.4. The molecule has 0 bridgehead atoms.